The number of thioether (sulfide) groups is 1. The van der Waals surface area contributed by atoms with Gasteiger partial charge in [-0.15, -0.1) is 11.8 Å². The van der Waals surface area contributed by atoms with Gasteiger partial charge in [0, 0.05) is 15.6 Å². The van der Waals surface area contributed by atoms with Crippen molar-refractivity contribution in [2.75, 3.05) is 11.6 Å². The van der Waals surface area contributed by atoms with E-state index in [0.29, 0.717) is 10.8 Å². The van der Waals surface area contributed by atoms with E-state index in [2.05, 4.69) is 5.32 Å². The third-order valence-electron chi connectivity index (χ3n) is 3.15. The van der Waals surface area contributed by atoms with Crippen molar-refractivity contribution in [1.82, 2.24) is 0 Å². The first-order valence-electron chi connectivity index (χ1n) is 6.87. The topological polar surface area (TPSA) is 38.3 Å². The Labute approximate surface area is 140 Å². The maximum absolute atomic E-state index is 12.2. The number of carbonyl (C=O) groups excluding carboxylic acids is 1. The van der Waals surface area contributed by atoms with Crippen LogP contribution < -0.4 is 10.1 Å². The Morgan fingerprint density at radius 3 is 2.73 bits per heavy atom. The number of amides is 1. The van der Waals surface area contributed by atoms with Crippen LogP contribution in [0.3, 0.4) is 0 Å². The van der Waals surface area contributed by atoms with Crippen molar-refractivity contribution >= 4 is 35.0 Å². The molecular weight excluding hydrogens is 318 g/mol. The van der Waals surface area contributed by atoms with Crippen molar-refractivity contribution < 1.29 is 9.53 Å². The number of anilines is 1. The fourth-order valence-electron chi connectivity index (χ4n) is 1.89. The summed E-state index contributed by atoms with van der Waals surface area (Å²) in [5.74, 6) is 0.438. The molecule has 2 aromatic carbocycles. The lowest BCUT2D eigenvalue weighted by molar-refractivity contribution is -0.122. The molecule has 0 spiro atoms. The van der Waals surface area contributed by atoms with Gasteiger partial charge in [-0.05, 0) is 62.1 Å². The summed E-state index contributed by atoms with van der Waals surface area (Å²) >= 11 is 7.61. The highest BCUT2D eigenvalue weighted by Gasteiger charge is 2.15. The van der Waals surface area contributed by atoms with Gasteiger partial charge in [-0.25, -0.2) is 0 Å². The Morgan fingerprint density at radius 1 is 1.27 bits per heavy atom. The summed E-state index contributed by atoms with van der Waals surface area (Å²) in [5, 5.41) is 3.54. The number of aryl methyl sites for hydroxylation is 1. The number of halogens is 1. The molecule has 0 aliphatic rings. The zero-order valence-corrected chi connectivity index (χ0v) is 14.3. The molecular formula is C17H18ClNO2S. The maximum atomic E-state index is 12.2. The number of carbonyl (C=O) groups is 1. The second-order valence-corrected chi connectivity index (χ2v) is 6.18. The first kappa shape index (κ1) is 16.7. The molecule has 0 bridgehead atoms. The van der Waals surface area contributed by atoms with Gasteiger partial charge in [-0.2, -0.15) is 0 Å². The molecule has 0 fully saturated rings. The zero-order chi connectivity index (χ0) is 16.1. The summed E-state index contributed by atoms with van der Waals surface area (Å²) in [5.41, 5.74) is 1.68. The average molecular weight is 336 g/mol. The summed E-state index contributed by atoms with van der Waals surface area (Å²) in [6, 6.07) is 13.0. The predicted octanol–water partition coefficient (Wildman–Crippen LogP) is 4.78. The molecule has 0 unspecified atom stereocenters. The monoisotopic (exact) mass is 335 g/mol. The molecule has 0 saturated heterocycles. The van der Waals surface area contributed by atoms with Crippen molar-refractivity contribution in [3.05, 3.63) is 53.1 Å². The minimum absolute atomic E-state index is 0.189. The Morgan fingerprint density at radius 2 is 2.05 bits per heavy atom. The van der Waals surface area contributed by atoms with Crippen LogP contribution in [0.25, 0.3) is 0 Å². The number of ether oxygens (including phenoxy) is 1. The molecule has 3 nitrogen and oxygen atoms in total. The third kappa shape index (κ3) is 4.42. The van der Waals surface area contributed by atoms with E-state index in [-0.39, 0.29) is 5.91 Å². The van der Waals surface area contributed by atoms with Crippen LogP contribution in [0.4, 0.5) is 5.69 Å². The van der Waals surface area contributed by atoms with Crippen molar-refractivity contribution in [3.8, 4) is 5.75 Å². The number of nitrogens with one attached hydrogen (secondary N) is 1. The molecule has 22 heavy (non-hydrogen) atoms. The molecule has 0 radical (unpaired) electrons. The molecule has 1 amide bonds. The van der Waals surface area contributed by atoms with Crippen molar-refractivity contribution in [2.24, 2.45) is 0 Å². The number of rotatable bonds is 5. The number of benzene rings is 2. The van der Waals surface area contributed by atoms with Gasteiger partial charge in [-0.1, -0.05) is 17.7 Å². The molecule has 2 aromatic rings. The molecule has 116 valence electrons. The van der Waals surface area contributed by atoms with Crippen LogP contribution in [0, 0.1) is 6.92 Å². The molecule has 1 atom stereocenters. The summed E-state index contributed by atoms with van der Waals surface area (Å²) < 4.78 is 5.66. The van der Waals surface area contributed by atoms with Crippen molar-refractivity contribution in [1.29, 1.82) is 0 Å². The van der Waals surface area contributed by atoms with Gasteiger partial charge < -0.3 is 10.1 Å². The third-order valence-corrected chi connectivity index (χ3v) is 4.30. The molecule has 0 aromatic heterocycles. The van der Waals surface area contributed by atoms with E-state index in [1.165, 1.54) is 0 Å². The Kier molecular flexibility index (Phi) is 5.75. The van der Waals surface area contributed by atoms with Gasteiger partial charge >= 0.3 is 0 Å². The number of hydrogen-bond donors (Lipinski definition) is 1. The molecule has 0 saturated carbocycles. The van der Waals surface area contributed by atoms with Crippen LogP contribution >= 0.6 is 23.4 Å². The highest BCUT2D eigenvalue weighted by molar-refractivity contribution is 7.98. The lowest BCUT2D eigenvalue weighted by atomic mass is 10.2. The summed E-state index contributed by atoms with van der Waals surface area (Å²) in [6.07, 6.45) is 1.40. The van der Waals surface area contributed by atoms with Gasteiger partial charge in [0.25, 0.3) is 5.91 Å². The molecule has 0 aliphatic carbocycles. The van der Waals surface area contributed by atoms with Crippen LogP contribution in [-0.2, 0) is 4.79 Å². The van der Waals surface area contributed by atoms with Crippen molar-refractivity contribution in [3.63, 3.8) is 0 Å². The standard InChI is InChI=1S/C17H18ClNO2S/c1-11-9-14(7-8-16(11)18)21-12(2)17(20)19-13-5-4-6-15(10-13)22-3/h4-10,12H,1-3H3,(H,19,20)/t12-/m1/s1. The summed E-state index contributed by atoms with van der Waals surface area (Å²) in [6.45, 7) is 3.62. The quantitative estimate of drug-likeness (QED) is 0.799. The van der Waals surface area contributed by atoms with Gasteiger partial charge in [0.1, 0.15) is 5.75 Å². The van der Waals surface area contributed by atoms with Crippen LogP contribution in [-0.4, -0.2) is 18.3 Å². The number of hydrogen-bond acceptors (Lipinski definition) is 3. The lowest BCUT2D eigenvalue weighted by Gasteiger charge is -2.15. The maximum Gasteiger partial charge on any atom is 0.265 e. The highest BCUT2D eigenvalue weighted by Crippen LogP contribution is 2.22. The summed E-state index contributed by atoms with van der Waals surface area (Å²) in [4.78, 5) is 13.3. The predicted molar refractivity (Wildman–Crippen MR) is 93.1 cm³/mol. The Hall–Kier alpha value is -1.65. The second kappa shape index (κ2) is 7.56. The molecule has 0 aliphatic heterocycles. The van der Waals surface area contributed by atoms with Crippen LogP contribution in [0.15, 0.2) is 47.4 Å². The average Bonchev–Trinajstić information content (AvgIpc) is 2.51. The van der Waals surface area contributed by atoms with E-state index in [0.717, 1.165) is 16.1 Å². The fourth-order valence-corrected chi connectivity index (χ4v) is 2.47. The van der Waals surface area contributed by atoms with Crippen LogP contribution in [0.5, 0.6) is 5.75 Å². The van der Waals surface area contributed by atoms with Gasteiger partial charge in [0.2, 0.25) is 0 Å². The van der Waals surface area contributed by atoms with Crippen molar-refractivity contribution in [2.45, 2.75) is 24.8 Å². The zero-order valence-electron chi connectivity index (χ0n) is 12.7. The van der Waals surface area contributed by atoms with Gasteiger partial charge in [-0.3, -0.25) is 4.79 Å². The van der Waals surface area contributed by atoms with E-state index in [9.17, 15) is 4.79 Å². The molecule has 1 N–H and O–H groups in total. The first-order valence-corrected chi connectivity index (χ1v) is 8.47. The van der Waals surface area contributed by atoms with Crippen LogP contribution in [0.1, 0.15) is 12.5 Å². The Bertz CT molecular complexity index is 675. The minimum atomic E-state index is -0.599. The second-order valence-electron chi connectivity index (χ2n) is 4.89. The highest BCUT2D eigenvalue weighted by atomic mass is 35.5. The van der Waals surface area contributed by atoms with Gasteiger partial charge in [0.05, 0.1) is 0 Å². The fraction of sp³-hybridized carbons (Fsp3) is 0.235. The van der Waals surface area contributed by atoms with E-state index in [4.69, 9.17) is 16.3 Å². The van der Waals surface area contributed by atoms with E-state index in [1.54, 1.807) is 30.8 Å². The molecule has 2 rings (SSSR count). The van der Waals surface area contributed by atoms with E-state index >= 15 is 0 Å². The minimum Gasteiger partial charge on any atom is -0.481 e. The molecule has 5 heteroatoms. The smallest absolute Gasteiger partial charge is 0.265 e. The van der Waals surface area contributed by atoms with Gasteiger partial charge in [0.15, 0.2) is 6.10 Å². The normalized spacial score (nSPS) is 11.8. The van der Waals surface area contributed by atoms with E-state index in [1.807, 2.05) is 43.5 Å². The van der Waals surface area contributed by atoms with E-state index < -0.39 is 6.10 Å². The SMILES string of the molecule is CSc1cccc(NC(=O)[C@@H](C)Oc2ccc(Cl)c(C)c2)c1. The molecule has 0 heterocycles. The summed E-state index contributed by atoms with van der Waals surface area (Å²) in [7, 11) is 0. The Balaban J connectivity index is 2.00. The van der Waals surface area contributed by atoms with Crippen LogP contribution in [0.2, 0.25) is 5.02 Å². The first-order chi connectivity index (χ1) is 10.5. The lowest BCUT2D eigenvalue weighted by Crippen LogP contribution is -2.30. The largest absolute Gasteiger partial charge is 0.481 e.